The van der Waals surface area contributed by atoms with Crippen LogP contribution in [0.5, 0.6) is 5.75 Å². The van der Waals surface area contributed by atoms with Crippen LogP contribution in [0.1, 0.15) is 37.8 Å². The van der Waals surface area contributed by atoms with Crippen LogP contribution in [0.2, 0.25) is 0 Å². The number of amides is 2. The summed E-state index contributed by atoms with van der Waals surface area (Å²) in [6.45, 7) is 7.96. The van der Waals surface area contributed by atoms with E-state index < -0.39 is 15.9 Å². The molecular weight excluding hydrogens is 456 g/mol. The number of anilines is 2. The molecule has 0 saturated heterocycles. The highest BCUT2D eigenvalue weighted by Crippen LogP contribution is 2.30. The predicted octanol–water partition coefficient (Wildman–Crippen LogP) is 3.46. The number of rotatable bonds is 8. The van der Waals surface area contributed by atoms with Gasteiger partial charge in [-0.25, -0.2) is 13.4 Å². The number of ether oxygens (including phenoxy) is 1. The largest absolute Gasteiger partial charge is 0.495 e. The number of methoxy groups -OCH3 is 1. The zero-order valence-electron chi connectivity index (χ0n) is 20.1. The Bertz CT molecular complexity index is 1240. The minimum absolute atomic E-state index is 0.0464. The molecule has 1 aliphatic heterocycles. The molecule has 0 radical (unpaired) electrons. The Hall–Kier alpha value is -3.24. The molecule has 10 heteroatoms. The van der Waals surface area contributed by atoms with Crippen molar-refractivity contribution in [3.05, 3.63) is 47.5 Å². The third-order valence-corrected chi connectivity index (χ3v) is 7.70. The van der Waals surface area contributed by atoms with Crippen molar-refractivity contribution in [2.45, 2.75) is 45.4 Å². The summed E-state index contributed by atoms with van der Waals surface area (Å²) >= 11 is 0. The molecule has 182 valence electrons. The first-order valence-electron chi connectivity index (χ1n) is 11.1. The van der Waals surface area contributed by atoms with Gasteiger partial charge >= 0.3 is 0 Å². The number of hydrogen-bond acceptors (Lipinski definition) is 6. The Morgan fingerprint density at radius 1 is 1.12 bits per heavy atom. The number of aryl methyl sites for hydroxylation is 2. The lowest BCUT2D eigenvalue weighted by Crippen LogP contribution is -2.36. The smallest absolute Gasteiger partial charge is 0.271 e. The van der Waals surface area contributed by atoms with Gasteiger partial charge in [0.05, 0.1) is 23.4 Å². The number of sulfonamides is 1. The summed E-state index contributed by atoms with van der Waals surface area (Å²) in [7, 11) is -2.29. The summed E-state index contributed by atoms with van der Waals surface area (Å²) in [4.78, 5) is 25.7. The highest BCUT2D eigenvalue weighted by molar-refractivity contribution is 7.89. The quantitative estimate of drug-likeness (QED) is 0.615. The Morgan fingerprint density at radius 3 is 2.47 bits per heavy atom. The van der Waals surface area contributed by atoms with Crippen LogP contribution in [0.3, 0.4) is 0 Å². The normalized spacial score (nSPS) is 14.2. The number of nitrogens with zero attached hydrogens (tertiary/aromatic N) is 3. The summed E-state index contributed by atoms with van der Waals surface area (Å²) in [5.41, 5.74) is 2.83. The molecular formula is C24H30N4O5S. The molecule has 1 heterocycles. The highest BCUT2D eigenvalue weighted by Gasteiger charge is 2.28. The molecule has 1 N–H and O–H groups in total. The Balaban J connectivity index is 1.94. The van der Waals surface area contributed by atoms with Gasteiger partial charge in [-0.2, -0.15) is 9.41 Å². The van der Waals surface area contributed by atoms with E-state index in [2.05, 4.69) is 10.4 Å². The van der Waals surface area contributed by atoms with Crippen LogP contribution in [0.25, 0.3) is 0 Å². The van der Waals surface area contributed by atoms with Crippen molar-refractivity contribution in [2.24, 2.45) is 5.10 Å². The maximum Gasteiger partial charge on any atom is 0.271 e. The minimum atomic E-state index is -3.73. The fraction of sp³-hybridized carbons (Fsp3) is 0.375. The molecule has 0 fully saturated rings. The van der Waals surface area contributed by atoms with Crippen molar-refractivity contribution in [3.8, 4) is 5.75 Å². The van der Waals surface area contributed by atoms with E-state index in [1.54, 1.807) is 13.8 Å². The number of carbonyl (C=O) groups is 2. The molecule has 3 rings (SSSR count). The second-order valence-corrected chi connectivity index (χ2v) is 9.89. The van der Waals surface area contributed by atoms with Crippen molar-refractivity contribution in [2.75, 3.05) is 30.5 Å². The van der Waals surface area contributed by atoms with E-state index in [4.69, 9.17) is 4.74 Å². The standard InChI is InChI=1S/C24H30N4O5S/c1-6-27(7-2)34(31,32)18-10-12-22(33-5)20(15-18)25-24(30)19-11-13-23(29)28(26-19)21-14-16(3)8-9-17(21)4/h8-10,12,14-15H,6-7,11,13H2,1-5H3,(H,25,30). The van der Waals surface area contributed by atoms with E-state index in [0.717, 1.165) is 11.1 Å². The second kappa shape index (κ2) is 10.4. The van der Waals surface area contributed by atoms with Gasteiger partial charge in [-0.3, -0.25) is 9.59 Å². The maximum atomic E-state index is 13.1. The first-order chi connectivity index (χ1) is 16.1. The van der Waals surface area contributed by atoms with Crippen LogP contribution in [0, 0.1) is 13.8 Å². The van der Waals surface area contributed by atoms with Crippen molar-refractivity contribution >= 4 is 38.9 Å². The van der Waals surface area contributed by atoms with Gasteiger partial charge in [0.1, 0.15) is 11.5 Å². The van der Waals surface area contributed by atoms with E-state index >= 15 is 0 Å². The third-order valence-electron chi connectivity index (χ3n) is 5.65. The molecule has 0 aromatic heterocycles. The average Bonchev–Trinajstić information content (AvgIpc) is 2.81. The zero-order chi connectivity index (χ0) is 25.0. The van der Waals surface area contributed by atoms with Crippen molar-refractivity contribution in [1.29, 1.82) is 0 Å². The van der Waals surface area contributed by atoms with Crippen molar-refractivity contribution in [3.63, 3.8) is 0 Å². The SMILES string of the molecule is CCN(CC)S(=O)(=O)c1ccc(OC)c(NC(=O)C2=NN(c3cc(C)ccc3C)C(=O)CC2)c1. The van der Waals surface area contributed by atoms with Crippen LogP contribution in [-0.4, -0.2) is 50.4 Å². The van der Waals surface area contributed by atoms with E-state index in [9.17, 15) is 18.0 Å². The molecule has 0 atom stereocenters. The van der Waals surface area contributed by atoms with E-state index in [1.165, 1.54) is 34.6 Å². The maximum absolute atomic E-state index is 13.1. The van der Waals surface area contributed by atoms with Gasteiger partial charge in [0, 0.05) is 25.9 Å². The number of nitrogens with one attached hydrogen (secondary N) is 1. The molecule has 0 saturated carbocycles. The second-order valence-electron chi connectivity index (χ2n) is 7.95. The molecule has 2 aromatic rings. The summed E-state index contributed by atoms with van der Waals surface area (Å²) in [5, 5.41) is 8.31. The summed E-state index contributed by atoms with van der Waals surface area (Å²) < 4.78 is 32.5. The number of carbonyl (C=O) groups excluding carboxylic acids is 2. The molecule has 0 bridgehead atoms. The molecule has 0 unspecified atom stereocenters. The molecule has 2 amide bonds. The van der Waals surface area contributed by atoms with Gasteiger partial charge in [-0.15, -0.1) is 0 Å². The van der Waals surface area contributed by atoms with E-state index in [-0.39, 0.29) is 35.0 Å². The number of benzene rings is 2. The Labute approximate surface area is 200 Å². The minimum Gasteiger partial charge on any atom is -0.495 e. The molecule has 0 aliphatic carbocycles. The van der Waals surface area contributed by atoms with Gasteiger partial charge in [-0.1, -0.05) is 26.0 Å². The fourth-order valence-corrected chi connectivity index (χ4v) is 5.19. The lowest BCUT2D eigenvalue weighted by Gasteiger charge is -2.25. The van der Waals surface area contributed by atoms with Gasteiger partial charge in [0.25, 0.3) is 5.91 Å². The van der Waals surface area contributed by atoms with Crippen LogP contribution < -0.4 is 15.1 Å². The number of hydrogen-bond donors (Lipinski definition) is 1. The first-order valence-corrected chi connectivity index (χ1v) is 12.5. The van der Waals surface area contributed by atoms with Gasteiger partial charge < -0.3 is 10.1 Å². The van der Waals surface area contributed by atoms with Crippen LogP contribution in [0.4, 0.5) is 11.4 Å². The van der Waals surface area contributed by atoms with Crippen molar-refractivity contribution < 1.29 is 22.7 Å². The summed E-state index contributed by atoms with van der Waals surface area (Å²) in [6, 6.07) is 10.0. The summed E-state index contributed by atoms with van der Waals surface area (Å²) in [5.74, 6) is -0.417. The molecule has 1 aliphatic rings. The molecule has 0 spiro atoms. The lowest BCUT2D eigenvalue weighted by atomic mass is 10.1. The predicted molar refractivity (Wildman–Crippen MR) is 132 cm³/mol. The van der Waals surface area contributed by atoms with Crippen LogP contribution in [0.15, 0.2) is 46.4 Å². The van der Waals surface area contributed by atoms with Gasteiger partial charge in [0.15, 0.2) is 0 Å². The lowest BCUT2D eigenvalue weighted by molar-refractivity contribution is -0.118. The van der Waals surface area contributed by atoms with Gasteiger partial charge in [0.2, 0.25) is 15.9 Å². The van der Waals surface area contributed by atoms with E-state index in [1.807, 2.05) is 32.0 Å². The molecule has 9 nitrogen and oxygen atoms in total. The topological polar surface area (TPSA) is 108 Å². The molecule has 2 aromatic carbocycles. The monoisotopic (exact) mass is 486 g/mol. The Kier molecular flexibility index (Phi) is 7.73. The van der Waals surface area contributed by atoms with Crippen LogP contribution in [-0.2, 0) is 19.6 Å². The average molecular weight is 487 g/mol. The van der Waals surface area contributed by atoms with Gasteiger partial charge in [-0.05, 0) is 49.2 Å². The van der Waals surface area contributed by atoms with Crippen LogP contribution >= 0.6 is 0 Å². The zero-order valence-corrected chi connectivity index (χ0v) is 20.9. The molecule has 34 heavy (non-hydrogen) atoms. The Morgan fingerprint density at radius 2 is 1.82 bits per heavy atom. The first kappa shape index (κ1) is 25.4. The summed E-state index contributed by atoms with van der Waals surface area (Å²) in [6.07, 6.45) is 0.304. The van der Waals surface area contributed by atoms with E-state index in [0.29, 0.717) is 24.5 Å². The highest BCUT2D eigenvalue weighted by atomic mass is 32.2. The third kappa shape index (κ3) is 5.13. The van der Waals surface area contributed by atoms with Crippen molar-refractivity contribution in [1.82, 2.24) is 4.31 Å². The number of hydrazone groups is 1. The fourth-order valence-electron chi connectivity index (χ4n) is 3.70.